The normalized spacial score (nSPS) is 12.7. The van der Waals surface area contributed by atoms with Crippen LogP contribution in [0.15, 0.2) is 29.2 Å². The van der Waals surface area contributed by atoms with Gasteiger partial charge in [-0.3, -0.25) is 0 Å². The van der Waals surface area contributed by atoms with Crippen molar-refractivity contribution in [2.75, 3.05) is 6.54 Å². The summed E-state index contributed by atoms with van der Waals surface area (Å²) in [5.41, 5.74) is 0. The Morgan fingerprint density at radius 1 is 1.40 bits per heavy atom. The van der Waals surface area contributed by atoms with Crippen LogP contribution in [0.4, 0.5) is 13.2 Å². The third-order valence-electron chi connectivity index (χ3n) is 1.45. The first-order valence-electron chi connectivity index (χ1n) is 3.84. The second kappa shape index (κ2) is 4.19. The van der Waals surface area contributed by atoms with E-state index in [-0.39, 0.29) is 4.90 Å². The van der Waals surface area contributed by atoms with Crippen LogP contribution in [0.5, 0.6) is 0 Å². The van der Waals surface area contributed by atoms with Crippen molar-refractivity contribution in [3.05, 3.63) is 30.3 Å². The molecule has 1 aromatic carbocycles. The summed E-state index contributed by atoms with van der Waals surface area (Å²) in [6.07, 6.45) is -4.56. The Morgan fingerprint density at radius 3 is 2.53 bits per heavy atom. The topological polar surface area (TPSA) is 46.2 Å². The molecular formula is C8H7F3NO2S. The van der Waals surface area contributed by atoms with Gasteiger partial charge in [0.2, 0.25) is 10.0 Å². The standard InChI is InChI=1S/C8H7F3NO2S/c9-8(10,11)6-12-15(13,14)7-4-2-1-3-5-7/h1-2,4-5,12H,6H2. The molecule has 1 aromatic rings. The third-order valence-corrected chi connectivity index (χ3v) is 2.85. The Kier molecular flexibility index (Phi) is 3.35. The van der Waals surface area contributed by atoms with Gasteiger partial charge in [-0.1, -0.05) is 12.1 Å². The van der Waals surface area contributed by atoms with E-state index in [9.17, 15) is 21.6 Å². The first kappa shape index (κ1) is 12.0. The maximum absolute atomic E-state index is 11.8. The van der Waals surface area contributed by atoms with Crippen molar-refractivity contribution in [1.82, 2.24) is 4.72 Å². The highest BCUT2D eigenvalue weighted by atomic mass is 32.2. The van der Waals surface area contributed by atoms with Crippen LogP contribution in [0.1, 0.15) is 0 Å². The minimum atomic E-state index is -4.56. The molecule has 1 radical (unpaired) electrons. The van der Waals surface area contributed by atoms with E-state index in [1.54, 1.807) is 0 Å². The highest BCUT2D eigenvalue weighted by Gasteiger charge is 2.29. The highest BCUT2D eigenvalue weighted by molar-refractivity contribution is 7.89. The van der Waals surface area contributed by atoms with E-state index < -0.39 is 22.7 Å². The van der Waals surface area contributed by atoms with Gasteiger partial charge in [-0.05, 0) is 18.2 Å². The van der Waals surface area contributed by atoms with Crippen LogP contribution in [-0.2, 0) is 10.0 Å². The van der Waals surface area contributed by atoms with E-state index in [1.807, 2.05) is 0 Å². The fourth-order valence-electron chi connectivity index (χ4n) is 0.804. The maximum Gasteiger partial charge on any atom is 0.402 e. The lowest BCUT2D eigenvalue weighted by molar-refractivity contribution is -0.121. The van der Waals surface area contributed by atoms with Crippen molar-refractivity contribution >= 4 is 10.0 Å². The lowest BCUT2D eigenvalue weighted by Crippen LogP contribution is -2.33. The molecule has 15 heavy (non-hydrogen) atoms. The van der Waals surface area contributed by atoms with Gasteiger partial charge in [-0.15, -0.1) is 0 Å². The van der Waals surface area contributed by atoms with Crippen LogP contribution >= 0.6 is 0 Å². The van der Waals surface area contributed by atoms with Crippen LogP contribution in [-0.4, -0.2) is 21.1 Å². The van der Waals surface area contributed by atoms with Crippen LogP contribution < -0.4 is 4.72 Å². The Hall–Kier alpha value is -1.08. The lowest BCUT2D eigenvalue weighted by Gasteiger charge is -2.08. The van der Waals surface area contributed by atoms with Crippen molar-refractivity contribution < 1.29 is 21.6 Å². The van der Waals surface area contributed by atoms with E-state index in [0.29, 0.717) is 0 Å². The van der Waals surface area contributed by atoms with Crippen molar-refractivity contribution in [1.29, 1.82) is 0 Å². The summed E-state index contributed by atoms with van der Waals surface area (Å²) in [6, 6.07) is 7.57. The zero-order chi connectivity index (χ0) is 11.5. The zero-order valence-corrected chi connectivity index (χ0v) is 8.19. The van der Waals surface area contributed by atoms with Gasteiger partial charge in [0, 0.05) is 0 Å². The first-order chi connectivity index (χ1) is 6.81. The third kappa shape index (κ3) is 3.88. The van der Waals surface area contributed by atoms with Gasteiger partial charge < -0.3 is 0 Å². The first-order valence-corrected chi connectivity index (χ1v) is 5.32. The summed E-state index contributed by atoms with van der Waals surface area (Å²) >= 11 is 0. The van der Waals surface area contributed by atoms with Crippen LogP contribution in [0.3, 0.4) is 0 Å². The van der Waals surface area contributed by atoms with E-state index in [0.717, 1.165) is 6.07 Å². The summed E-state index contributed by atoms with van der Waals surface area (Å²) in [4.78, 5) is -0.241. The molecular weight excluding hydrogens is 231 g/mol. The lowest BCUT2D eigenvalue weighted by atomic mass is 10.4. The molecule has 1 N–H and O–H groups in total. The monoisotopic (exact) mass is 238 g/mol. The highest BCUT2D eigenvalue weighted by Crippen LogP contribution is 2.14. The molecule has 0 heterocycles. The van der Waals surface area contributed by atoms with Crippen molar-refractivity contribution in [2.45, 2.75) is 11.1 Å². The average molecular weight is 238 g/mol. The molecule has 0 aliphatic carbocycles. The van der Waals surface area contributed by atoms with Gasteiger partial charge in [0.15, 0.2) is 0 Å². The Balaban J connectivity index is 2.78. The van der Waals surface area contributed by atoms with E-state index in [2.05, 4.69) is 6.07 Å². The SMILES string of the molecule is O=S(=O)(NCC(F)(F)F)c1c[c]ccc1. The number of halogens is 3. The molecule has 0 spiro atoms. The summed E-state index contributed by atoms with van der Waals surface area (Å²) in [5, 5.41) is 0. The van der Waals surface area contributed by atoms with Gasteiger partial charge >= 0.3 is 6.18 Å². The van der Waals surface area contributed by atoms with Gasteiger partial charge in [-0.25, -0.2) is 13.1 Å². The number of nitrogens with one attached hydrogen (secondary N) is 1. The molecule has 0 aromatic heterocycles. The minimum absolute atomic E-state index is 0.241. The number of hydrogen-bond acceptors (Lipinski definition) is 2. The predicted octanol–water partition coefficient (Wildman–Crippen LogP) is 1.33. The number of rotatable bonds is 3. The Labute approximate surface area is 85.0 Å². The zero-order valence-electron chi connectivity index (χ0n) is 7.38. The van der Waals surface area contributed by atoms with Gasteiger partial charge in [0.05, 0.1) is 4.90 Å². The molecule has 0 bridgehead atoms. The molecule has 0 atom stereocenters. The molecule has 3 nitrogen and oxygen atoms in total. The number of benzene rings is 1. The molecule has 0 saturated carbocycles. The molecule has 0 amide bonds. The van der Waals surface area contributed by atoms with Crippen molar-refractivity contribution in [3.8, 4) is 0 Å². The predicted molar refractivity (Wildman–Crippen MR) is 46.5 cm³/mol. The second-order valence-electron chi connectivity index (χ2n) is 2.68. The smallest absolute Gasteiger partial charge is 0.207 e. The van der Waals surface area contributed by atoms with Gasteiger partial charge in [-0.2, -0.15) is 13.2 Å². The van der Waals surface area contributed by atoms with E-state index in [4.69, 9.17) is 0 Å². The van der Waals surface area contributed by atoms with Gasteiger partial charge in [0.1, 0.15) is 6.54 Å². The van der Waals surface area contributed by atoms with E-state index in [1.165, 1.54) is 22.9 Å². The molecule has 7 heteroatoms. The second-order valence-corrected chi connectivity index (χ2v) is 4.45. The minimum Gasteiger partial charge on any atom is -0.207 e. The fraction of sp³-hybridized carbons (Fsp3) is 0.250. The molecule has 1 rings (SSSR count). The molecule has 0 aliphatic heterocycles. The van der Waals surface area contributed by atoms with Crippen LogP contribution in [0, 0.1) is 6.07 Å². The average Bonchev–Trinajstić information content (AvgIpc) is 2.16. The van der Waals surface area contributed by atoms with Crippen molar-refractivity contribution in [3.63, 3.8) is 0 Å². The van der Waals surface area contributed by atoms with Crippen LogP contribution in [0.2, 0.25) is 0 Å². The summed E-state index contributed by atoms with van der Waals surface area (Å²) in [7, 11) is -4.09. The van der Waals surface area contributed by atoms with E-state index >= 15 is 0 Å². The molecule has 0 unspecified atom stereocenters. The van der Waals surface area contributed by atoms with Crippen LogP contribution in [0.25, 0.3) is 0 Å². The summed E-state index contributed by atoms with van der Waals surface area (Å²) in [6.45, 7) is -1.58. The maximum atomic E-state index is 11.8. The molecule has 0 aliphatic rings. The number of alkyl halides is 3. The fourth-order valence-corrected chi connectivity index (χ4v) is 1.81. The van der Waals surface area contributed by atoms with Gasteiger partial charge in [0.25, 0.3) is 0 Å². The molecule has 0 saturated heterocycles. The largest absolute Gasteiger partial charge is 0.402 e. The number of hydrogen-bond donors (Lipinski definition) is 1. The molecule has 83 valence electrons. The summed E-state index contributed by atoms with van der Waals surface area (Å²) in [5.74, 6) is 0. The van der Waals surface area contributed by atoms with Crippen molar-refractivity contribution in [2.24, 2.45) is 0 Å². The summed E-state index contributed by atoms with van der Waals surface area (Å²) < 4.78 is 59.2. The quantitative estimate of drug-likeness (QED) is 0.863. The molecule has 0 fully saturated rings. The number of sulfonamides is 1. The Morgan fingerprint density at radius 2 is 2.07 bits per heavy atom. The Bertz CT molecular complexity index is 413.